The van der Waals surface area contributed by atoms with Crippen LogP contribution in [0.25, 0.3) is 10.8 Å². The number of aliphatic hydroxyl groups excluding tert-OH is 1. The molecule has 1 aliphatic heterocycles. The summed E-state index contributed by atoms with van der Waals surface area (Å²) >= 11 is 3.64. The van der Waals surface area contributed by atoms with Crippen LogP contribution in [0, 0.1) is 0 Å². The topological polar surface area (TPSA) is 80.2 Å². The predicted molar refractivity (Wildman–Crippen MR) is 157 cm³/mol. The molecule has 2 N–H and O–H groups in total. The quantitative estimate of drug-likeness (QED) is 0.229. The first kappa shape index (κ1) is 26.9. The van der Waals surface area contributed by atoms with Gasteiger partial charge in [0.25, 0.3) is 5.91 Å². The lowest BCUT2D eigenvalue weighted by Gasteiger charge is -2.28. The fourth-order valence-electron chi connectivity index (χ4n) is 4.85. The molecule has 1 heterocycles. The molecule has 6 nitrogen and oxygen atoms in total. The van der Waals surface area contributed by atoms with Crippen molar-refractivity contribution in [3.05, 3.63) is 112 Å². The third-order valence-electron chi connectivity index (χ3n) is 7.06. The average molecular weight is 588 g/mol. The molecule has 0 spiro atoms. The molecule has 39 heavy (non-hydrogen) atoms. The van der Waals surface area contributed by atoms with E-state index in [2.05, 4.69) is 39.4 Å². The summed E-state index contributed by atoms with van der Waals surface area (Å²) in [6.45, 7) is 2.81. The highest BCUT2D eigenvalue weighted by atomic mass is 79.9. The number of fused-ring (bicyclic) bond motifs is 1. The highest BCUT2D eigenvalue weighted by Crippen LogP contribution is 2.35. The number of nitrogens with one attached hydrogen (secondary N) is 1. The van der Waals surface area contributed by atoms with Crippen LogP contribution in [0.1, 0.15) is 30.0 Å². The standard InChI is InChI=1S/C32H31BrN2O4/c1-22-32(20-25-9-3-5-13-29(25)33,31(37)34-21-26-11-6-10-23-8-2-4-12-28(23)26)35-30(39-22)24-14-16-27(17-15-24)38-19-7-18-36/h2-6,8-17,22,36H,7,18-21H2,1H3,(H,34,37)/t22-,32-/m1/s1. The van der Waals surface area contributed by atoms with E-state index in [4.69, 9.17) is 19.6 Å². The first-order valence-electron chi connectivity index (χ1n) is 13.1. The van der Waals surface area contributed by atoms with Gasteiger partial charge in [0.2, 0.25) is 5.90 Å². The Hall–Kier alpha value is -3.68. The van der Waals surface area contributed by atoms with Gasteiger partial charge in [-0.25, -0.2) is 4.99 Å². The highest BCUT2D eigenvalue weighted by molar-refractivity contribution is 9.10. The number of benzene rings is 4. The Labute approximate surface area is 236 Å². The van der Waals surface area contributed by atoms with Gasteiger partial charge in [-0.3, -0.25) is 4.79 Å². The fourth-order valence-corrected chi connectivity index (χ4v) is 5.28. The first-order chi connectivity index (χ1) is 19.0. The number of carbonyl (C=O) groups excluding carboxylic acids is 1. The minimum absolute atomic E-state index is 0.0861. The molecule has 0 unspecified atom stereocenters. The number of carbonyl (C=O) groups is 1. The second kappa shape index (κ2) is 12.0. The number of aliphatic hydroxyl groups is 1. The largest absolute Gasteiger partial charge is 0.494 e. The van der Waals surface area contributed by atoms with Crippen LogP contribution in [0.3, 0.4) is 0 Å². The zero-order valence-corrected chi connectivity index (χ0v) is 23.4. The van der Waals surface area contributed by atoms with E-state index in [9.17, 15) is 4.79 Å². The van der Waals surface area contributed by atoms with E-state index in [0.29, 0.717) is 37.6 Å². The molecule has 1 amide bonds. The number of rotatable bonds is 10. The monoisotopic (exact) mass is 586 g/mol. The van der Waals surface area contributed by atoms with Crippen LogP contribution in [0.4, 0.5) is 0 Å². The second-order valence-corrected chi connectivity index (χ2v) is 10.5. The van der Waals surface area contributed by atoms with Crippen molar-refractivity contribution in [2.24, 2.45) is 4.99 Å². The van der Waals surface area contributed by atoms with Crippen molar-refractivity contribution in [1.29, 1.82) is 0 Å². The molecule has 0 aromatic heterocycles. The number of hydrogen-bond donors (Lipinski definition) is 2. The molecule has 0 saturated heterocycles. The van der Waals surface area contributed by atoms with Gasteiger partial charge in [0.05, 0.1) is 6.61 Å². The third kappa shape index (κ3) is 5.84. The van der Waals surface area contributed by atoms with Crippen molar-refractivity contribution in [2.45, 2.75) is 38.0 Å². The minimum Gasteiger partial charge on any atom is -0.494 e. The number of ether oxygens (including phenoxy) is 2. The molecule has 4 aromatic rings. The first-order valence-corrected chi connectivity index (χ1v) is 13.9. The minimum atomic E-state index is -1.15. The van der Waals surface area contributed by atoms with Crippen LogP contribution in [0.15, 0.2) is 100 Å². The van der Waals surface area contributed by atoms with Crippen LogP contribution >= 0.6 is 15.9 Å². The predicted octanol–water partition coefficient (Wildman–Crippen LogP) is 5.83. The number of nitrogens with zero attached hydrogens (tertiary/aromatic N) is 1. The van der Waals surface area contributed by atoms with Crippen molar-refractivity contribution in [3.63, 3.8) is 0 Å². The molecule has 200 valence electrons. The summed E-state index contributed by atoms with van der Waals surface area (Å²) in [5, 5.41) is 14.4. The molecular formula is C32H31BrN2O4. The third-order valence-corrected chi connectivity index (χ3v) is 7.84. The zero-order valence-electron chi connectivity index (χ0n) is 21.8. The lowest BCUT2D eigenvalue weighted by molar-refractivity contribution is -0.128. The van der Waals surface area contributed by atoms with E-state index < -0.39 is 11.6 Å². The normalized spacial score (nSPS) is 18.4. The molecule has 1 aliphatic rings. The fraction of sp³-hybridized carbons (Fsp3) is 0.250. The zero-order chi connectivity index (χ0) is 27.2. The smallest absolute Gasteiger partial charge is 0.252 e. The van der Waals surface area contributed by atoms with Gasteiger partial charge in [0, 0.05) is 36.0 Å². The van der Waals surface area contributed by atoms with Gasteiger partial charge in [-0.1, -0.05) is 76.6 Å². The van der Waals surface area contributed by atoms with E-state index in [-0.39, 0.29) is 12.5 Å². The van der Waals surface area contributed by atoms with Crippen molar-refractivity contribution < 1.29 is 19.4 Å². The van der Waals surface area contributed by atoms with Gasteiger partial charge < -0.3 is 19.9 Å². The number of halogens is 1. The van der Waals surface area contributed by atoms with E-state index in [1.807, 2.05) is 79.7 Å². The Morgan fingerprint density at radius 2 is 1.72 bits per heavy atom. The van der Waals surface area contributed by atoms with Crippen molar-refractivity contribution in [2.75, 3.05) is 13.2 Å². The summed E-state index contributed by atoms with van der Waals surface area (Å²) in [4.78, 5) is 19.0. The maximum atomic E-state index is 14.0. The Kier molecular flexibility index (Phi) is 8.29. The molecule has 0 radical (unpaired) electrons. The van der Waals surface area contributed by atoms with Gasteiger partial charge in [-0.15, -0.1) is 0 Å². The van der Waals surface area contributed by atoms with Crippen LogP contribution in [-0.2, 0) is 22.5 Å². The van der Waals surface area contributed by atoms with E-state index in [1.54, 1.807) is 0 Å². The Morgan fingerprint density at radius 3 is 2.51 bits per heavy atom. The van der Waals surface area contributed by atoms with Crippen molar-refractivity contribution in [1.82, 2.24) is 5.32 Å². The maximum Gasteiger partial charge on any atom is 0.252 e. The number of hydrogen-bond acceptors (Lipinski definition) is 5. The van der Waals surface area contributed by atoms with Crippen LogP contribution in [0.2, 0.25) is 0 Å². The maximum absolute atomic E-state index is 14.0. The molecule has 7 heteroatoms. The molecule has 0 aliphatic carbocycles. The Balaban J connectivity index is 1.44. The van der Waals surface area contributed by atoms with Gasteiger partial charge >= 0.3 is 0 Å². The lowest BCUT2D eigenvalue weighted by atomic mass is 9.86. The van der Waals surface area contributed by atoms with E-state index >= 15 is 0 Å². The molecule has 4 aromatic carbocycles. The average Bonchev–Trinajstić information content (AvgIpc) is 3.30. The van der Waals surface area contributed by atoms with Crippen LogP contribution in [0.5, 0.6) is 5.75 Å². The molecule has 0 saturated carbocycles. The molecule has 5 rings (SSSR count). The highest BCUT2D eigenvalue weighted by Gasteiger charge is 2.50. The van der Waals surface area contributed by atoms with E-state index in [0.717, 1.165) is 31.9 Å². The van der Waals surface area contributed by atoms with Gasteiger partial charge in [-0.05, 0) is 59.2 Å². The number of amides is 1. The SMILES string of the molecule is C[C@H]1OC(c2ccc(OCCCO)cc2)=N[C@@]1(Cc1ccccc1Br)C(=O)NCc1cccc2ccccc12. The van der Waals surface area contributed by atoms with Gasteiger partial charge in [0.1, 0.15) is 11.9 Å². The summed E-state index contributed by atoms with van der Waals surface area (Å²) in [5.74, 6) is 0.945. The summed E-state index contributed by atoms with van der Waals surface area (Å²) in [7, 11) is 0. The summed E-state index contributed by atoms with van der Waals surface area (Å²) in [6, 6.07) is 29.6. The summed E-state index contributed by atoms with van der Waals surface area (Å²) < 4.78 is 12.8. The molecule has 2 atom stereocenters. The summed E-state index contributed by atoms with van der Waals surface area (Å²) in [5.41, 5.74) is 1.64. The lowest BCUT2D eigenvalue weighted by Crippen LogP contribution is -2.52. The summed E-state index contributed by atoms with van der Waals surface area (Å²) in [6.07, 6.45) is 0.455. The van der Waals surface area contributed by atoms with Crippen molar-refractivity contribution >= 4 is 38.5 Å². The van der Waals surface area contributed by atoms with Gasteiger partial charge in [0.15, 0.2) is 5.54 Å². The molecule has 0 fully saturated rings. The van der Waals surface area contributed by atoms with Crippen LogP contribution in [-0.4, -0.2) is 41.8 Å². The van der Waals surface area contributed by atoms with Crippen molar-refractivity contribution in [3.8, 4) is 5.75 Å². The number of aliphatic imine (C=N–C) groups is 1. The van der Waals surface area contributed by atoms with Gasteiger partial charge in [-0.2, -0.15) is 0 Å². The van der Waals surface area contributed by atoms with Crippen LogP contribution < -0.4 is 10.1 Å². The molecule has 0 bridgehead atoms. The Bertz CT molecular complexity index is 1480. The molecular weight excluding hydrogens is 556 g/mol. The Morgan fingerprint density at radius 1 is 1.00 bits per heavy atom. The second-order valence-electron chi connectivity index (χ2n) is 9.64. The van der Waals surface area contributed by atoms with E-state index in [1.165, 1.54) is 0 Å².